The van der Waals surface area contributed by atoms with Crippen LogP contribution in [0.2, 0.25) is 5.02 Å². The molecule has 1 N–H and O–H groups in total. The zero-order chi connectivity index (χ0) is 13.8. The van der Waals surface area contributed by atoms with Gasteiger partial charge >= 0.3 is 0 Å². The van der Waals surface area contributed by atoms with Gasteiger partial charge in [0.05, 0.1) is 17.4 Å². The normalized spacial score (nSPS) is 12.0. The van der Waals surface area contributed by atoms with E-state index in [1.165, 1.54) is 5.69 Å². The van der Waals surface area contributed by atoms with Gasteiger partial charge in [0.2, 0.25) is 0 Å². The maximum absolute atomic E-state index is 6.24. The predicted octanol–water partition coefficient (Wildman–Crippen LogP) is 4.58. The average molecular weight is 275 g/mol. The third kappa shape index (κ3) is 3.21. The van der Waals surface area contributed by atoms with Crippen LogP contribution in [0.3, 0.4) is 0 Å². The number of halogens is 1. The monoisotopic (exact) mass is 274 g/mol. The number of anilines is 2. The van der Waals surface area contributed by atoms with Crippen LogP contribution in [0.5, 0.6) is 0 Å². The molecule has 2 aromatic rings. The predicted molar refractivity (Wildman–Crippen MR) is 84.3 cm³/mol. The SMILES string of the molecule is CC(Nc1ccccc1N(C)C)c1ccccc1Cl. The van der Waals surface area contributed by atoms with Crippen molar-refractivity contribution >= 4 is 23.0 Å². The van der Waals surface area contributed by atoms with Crippen molar-refractivity contribution in [1.82, 2.24) is 0 Å². The van der Waals surface area contributed by atoms with Crippen molar-refractivity contribution in [3.05, 3.63) is 59.1 Å². The molecule has 0 saturated carbocycles. The maximum atomic E-state index is 6.24. The highest BCUT2D eigenvalue weighted by atomic mass is 35.5. The summed E-state index contributed by atoms with van der Waals surface area (Å²) in [6.45, 7) is 2.12. The van der Waals surface area contributed by atoms with Gasteiger partial charge in [-0.3, -0.25) is 0 Å². The summed E-state index contributed by atoms with van der Waals surface area (Å²) in [5.74, 6) is 0. The van der Waals surface area contributed by atoms with E-state index >= 15 is 0 Å². The Labute approximate surface area is 120 Å². The van der Waals surface area contributed by atoms with Crippen LogP contribution in [0, 0.1) is 0 Å². The largest absolute Gasteiger partial charge is 0.377 e. The zero-order valence-electron chi connectivity index (χ0n) is 11.5. The van der Waals surface area contributed by atoms with Crippen molar-refractivity contribution < 1.29 is 0 Å². The minimum atomic E-state index is 0.162. The second kappa shape index (κ2) is 5.98. The molecular formula is C16H19ClN2. The molecule has 0 saturated heterocycles. The molecule has 0 radical (unpaired) electrons. The van der Waals surface area contributed by atoms with Crippen LogP contribution in [0.4, 0.5) is 11.4 Å². The lowest BCUT2D eigenvalue weighted by Crippen LogP contribution is -2.14. The molecule has 100 valence electrons. The van der Waals surface area contributed by atoms with E-state index in [9.17, 15) is 0 Å². The molecule has 0 aromatic heterocycles. The Bertz CT molecular complexity index is 552. The first-order valence-electron chi connectivity index (χ1n) is 6.37. The first-order chi connectivity index (χ1) is 9.09. The molecule has 1 unspecified atom stereocenters. The molecule has 2 nitrogen and oxygen atoms in total. The summed E-state index contributed by atoms with van der Waals surface area (Å²) >= 11 is 6.24. The molecule has 0 heterocycles. The van der Waals surface area contributed by atoms with Crippen molar-refractivity contribution in [2.24, 2.45) is 0 Å². The van der Waals surface area contributed by atoms with Crippen LogP contribution in [0.15, 0.2) is 48.5 Å². The van der Waals surface area contributed by atoms with E-state index in [1.807, 2.05) is 44.4 Å². The van der Waals surface area contributed by atoms with Gasteiger partial charge in [0, 0.05) is 19.1 Å². The Hall–Kier alpha value is -1.67. The van der Waals surface area contributed by atoms with Crippen LogP contribution in [-0.4, -0.2) is 14.1 Å². The van der Waals surface area contributed by atoms with Crippen LogP contribution >= 0.6 is 11.6 Å². The van der Waals surface area contributed by atoms with Crippen molar-refractivity contribution in [3.8, 4) is 0 Å². The van der Waals surface area contributed by atoms with Crippen molar-refractivity contribution in [2.45, 2.75) is 13.0 Å². The van der Waals surface area contributed by atoms with E-state index in [2.05, 4.69) is 35.3 Å². The van der Waals surface area contributed by atoms with Crippen LogP contribution in [0.25, 0.3) is 0 Å². The van der Waals surface area contributed by atoms with E-state index in [4.69, 9.17) is 11.6 Å². The first kappa shape index (κ1) is 13.8. The van der Waals surface area contributed by atoms with Gasteiger partial charge in [-0.05, 0) is 30.7 Å². The van der Waals surface area contributed by atoms with E-state index in [-0.39, 0.29) is 6.04 Å². The quantitative estimate of drug-likeness (QED) is 0.878. The summed E-state index contributed by atoms with van der Waals surface area (Å²) in [5, 5.41) is 4.32. The Morgan fingerprint density at radius 2 is 1.63 bits per heavy atom. The topological polar surface area (TPSA) is 15.3 Å². The van der Waals surface area contributed by atoms with Crippen molar-refractivity contribution in [2.75, 3.05) is 24.3 Å². The van der Waals surface area contributed by atoms with Gasteiger partial charge in [0.1, 0.15) is 0 Å². The smallest absolute Gasteiger partial charge is 0.0596 e. The molecule has 19 heavy (non-hydrogen) atoms. The zero-order valence-corrected chi connectivity index (χ0v) is 12.3. The number of benzene rings is 2. The van der Waals surface area contributed by atoms with Gasteiger partial charge in [0.15, 0.2) is 0 Å². The maximum Gasteiger partial charge on any atom is 0.0596 e. The molecule has 2 aromatic carbocycles. The van der Waals surface area contributed by atoms with Gasteiger partial charge in [0.25, 0.3) is 0 Å². The summed E-state index contributed by atoms with van der Waals surface area (Å²) in [6.07, 6.45) is 0. The average Bonchev–Trinajstić information content (AvgIpc) is 2.39. The number of hydrogen-bond acceptors (Lipinski definition) is 2. The van der Waals surface area contributed by atoms with Gasteiger partial charge in [-0.1, -0.05) is 41.9 Å². The minimum Gasteiger partial charge on any atom is -0.377 e. The van der Waals surface area contributed by atoms with Gasteiger partial charge in [-0.2, -0.15) is 0 Å². The van der Waals surface area contributed by atoms with Gasteiger partial charge < -0.3 is 10.2 Å². The standard InChI is InChI=1S/C16H19ClN2/c1-12(13-8-4-5-9-14(13)17)18-15-10-6-7-11-16(15)19(2)3/h4-12,18H,1-3H3. The van der Waals surface area contributed by atoms with Gasteiger partial charge in [-0.15, -0.1) is 0 Å². The van der Waals surface area contributed by atoms with Crippen LogP contribution < -0.4 is 10.2 Å². The van der Waals surface area contributed by atoms with E-state index in [0.29, 0.717) is 0 Å². The summed E-state index contributed by atoms with van der Waals surface area (Å²) < 4.78 is 0. The fourth-order valence-electron chi connectivity index (χ4n) is 2.12. The van der Waals surface area contributed by atoms with E-state index in [1.54, 1.807) is 0 Å². The molecule has 1 atom stereocenters. The van der Waals surface area contributed by atoms with Crippen molar-refractivity contribution in [3.63, 3.8) is 0 Å². The highest BCUT2D eigenvalue weighted by Crippen LogP contribution is 2.30. The first-order valence-corrected chi connectivity index (χ1v) is 6.74. The fraction of sp³-hybridized carbons (Fsp3) is 0.250. The molecule has 0 aliphatic carbocycles. The third-order valence-corrected chi connectivity index (χ3v) is 3.47. The highest BCUT2D eigenvalue weighted by Gasteiger charge is 2.11. The summed E-state index contributed by atoms with van der Waals surface area (Å²) in [7, 11) is 4.08. The number of rotatable bonds is 4. The summed E-state index contributed by atoms with van der Waals surface area (Å²) in [4.78, 5) is 2.10. The van der Waals surface area contributed by atoms with Crippen molar-refractivity contribution in [1.29, 1.82) is 0 Å². The Balaban J connectivity index is 2.24. The number of nitrogens with one attached hydrogen (secondary N) is 1. The number of nitrogens with zero attached hydrogens (tertiary/aromatic N) is 1. The summed E-state index contributed by atoms with van der Waals surface area (Å²) in [5.41, 5.74) is 3.39. The van der Waals surface area contributed by atoms with E-state index in [0.717, 1.165) is 16.3 Å². The lowest BCUT2D eigenvalue weighted by molar-refractivity contribution is 0.883. The molecule has 0 amide bonds. The fourth-order valence-corrected chi connectivity index (χ4v) is 2.42. The molecule has 3 heteroatoms. The second-order valence-corrected chi connectivity index (χ2v) is 5.21. The van der Waals surface area contributed by atoms with E-state index < -0.39 is 0 Å². The number of para-hydroxylation sites is 2. The highest BCUT2D eigenvalue weighted by molar-refractivity contribution is 6.31. The summed E-state index contributed by atoms with van der Waals surface area (Å²) in [6, 6.07) is 16.4. The molecule has 0 fully saturated rings. The second-order valence-electron chi connectivity index (χ2n) is 4.80. The molecule has 0 spiro atoms. The molecule has 0 aliphatic heterocycles. The van der Waals surface area contributed by atoms with Crippen LogP contribution in [-0.2, 0) is 0 Å². The Morgan fingerprint density at radius 3 is 2.32 bits per heavy atom. The lowest BCUT2D eigenvalue weighted by atomic mass is 10.1. The Morgan fingerprint density at radius 1 is 1.00 bits per heavy atom. The van der Waals surface area contributed by atoms with Gasteiger partial charge in [-0.25, -0.2) is 0 Å². The molecule has 0 aliphatic rings. The molecule has 2 rings (SSSR count). The Kier molecular flexibility index (Phi) is 4.33. The molecule has 0 bridgehead atoms. The molecular weight excluding hydrogens is 256 g/mol. The lowest BCUT2D eigenvalue weighted by Gasteiger charge is -2.22. The minimum absolute atomic E-state index is 0.162. The third-order valence-electron chi connectivity index (χ3n) is 3.13. The number of hydrogen-bond donors (Lipinski definition) is 1. The van der Waals surface area contributed by atoms with Crippen LogP contribution in [0.1, 0.15) is 18.5 Å².